The maximum absolute atomic E-state index is 6.13. The van der Waals surface area contributed by atoms with Gasteiger partial charge in [-0.3, -0.25) is 4.68 Å². The van der Waals surface area contributed by atoms with Crippen LogP contribution in [0.25, 0.3) is 0 Å². The van der Waals surface area contributed by atoms with Gasteiger partial charge in [0.15, 0.2) is 0 Å². The van der Waals surface area contributed by atoms with Gasteiger partial charge in [-0.2, -0.15) is 5.10 Å². The van der Waals surface area contributed by atoms with Crippen LogP contribution in [-0.4, -0.2) is 15.8 Å². The largest absolute Gasteiger partial charge is 0.327 e. The highest BCUT2D eigenvalue weighted by Gasteiger charge is 2.16. The third kappa shape index (κ3) is 3.84. The summed E-state index contributed by atoms with van der Waals surface area (Å²) in [6.45, 7) is 2.21. The Balaban J connectivity index is 1.85. The van der Waals surface area contributed by atoms with Crippen molar-refractivity contribution in [3.8, 4) is 0 Å². The van der Waals surface area contributed by atoms with Crippen molar-refractivity contribution in [2.45, 2.75) is 76.8 Å². The Morgan fingerprint density at radius 3 is 2.89 bits per heavy atom. The highest BCUT2D eigenvalue weighted by molar-refractivity contribution is 5.02. The average molecular weight is 249 g/mol. The number of aromatic nitrogens is 2. The monoisotopic (exact) mass is 249 g/mol. The van der Waals surface area contributed by atoms with E-state index in [9.17, 15) is 0 Å². The van der Waals surface area contributed by atoms with Crippen LogP contribution in [0.2, 0.25) is 0 Å². The highest BCUT2D eigenvalue weighted by atomic mass is 15.3. The second-order valence-corrected chi connectivity index (χ2v) is 5.69. The van der Waals surface area contributed by atoms with Gasteiger partial charge in [-0.25, -0.2) is 0 Å². The second kappa shape index (κ2) is 6.93. The van der Waals surface area contributed by atoms with Crippen molar-refractivity contribution in [2.75, 3.05) is 0 Å². The van der Waals surface area contributed by atoms with E-state index in [0.29, 0.717) is 6.04 Å². The van der Waals surface area contributed by atoms with Gasteiger partial charge in [-0.15, -0.1) is 0 Å². The van der Waals surface area contributed by atoms with Gasteiger partial charge < -0.3 is 5.73 Å². The van der Waals surface area contributed by atoms with Crippen LogP contribution >= 0.6 is 0 Å². The Bertz CT molecular complexity index is 339. The van der Waals surface area contributed by atoms with E-state index in [2.05, 4.69) is 23.9 Å². The summed E-state index contributed by atoms with van der Waals surface area (Å²) in [4.78, 5) is 0. The van der Waals surface area contributed by atoms with Crippen molar-refractivity contribution in [1.82, 2.24) is 9.78 Å². The minimum absolute atomic E-state index is 0.277. The van der Waals surface area contributed by atoms with Crippen molar-refractivity contribution in [2.24, 2.45) is 5.73 Å². The van der Waals surface area contributed by atoms with Crippen LogP contribution in [0, 0.1) is 0 Å². The lowest BCUT2D eigenvalue weighted by Crippen LogP contribution is -2.23. The minimum atomic E-state index is 0.277. The molecule has 0 amide bonds. The summed E-state index contributed by atoms with van der Waals surface area (Å²) >= 11 is 0. The van der Waals surface area contributed by atoms with E-state index in [4.69, 9.17) is 10.8 Å². The summed E-state index contributed by atoms with van der Waals surface area (Å²) < 4.78 is 2.18. The quantitative estimate of drug-likeness (QED) is 0.839. The number of unbranched alkanes of at least 4 members (excludes halogenated alkanes) is 1. The molecule has 0 radical (unpaired) electrons. The predicted octanol–water partition coefficient (Wildman–Crippen LogP) is 3.45. The van der Waals surface area contributed by atoms with Crippen LogP contribution in [0.4, 0.5) is 0 Å². The minimum Gasteiger partial charge on any atom is -0.327 e. The lowest BCUT2D eigenvalue weighted by Gasteiger charge is -2.21. The molecule has 1 saturated carbocycles. The Morgan fingerprint density at radius 1 is 1.39 bits per heavy atom. The lowest BCUT2D eigenvalue weighted by molar-refractivity contribution is 0.327. The van der Waals surface area contributed by atoms with Gasteiger partial charge in [-0.1, -0.05) is 39.0 Å². The van der Waals surface area contributed by atoms with Gasteiger partial charge in [0, 0.05) is 18.7 Å². The van der Waals surface area contributed by atoms with Crippen LogP contribution in [0.5, 0.6) is 0 Å². The Kier molecular flexibility index (Phi) is 5.24. The van der Waals surface area contributed by atoms with Crippen molar-refractivity contribution in [3.05, 3.63) is 18.0 Å². The SMILES string of the molecule is CCCCC(N)Cc1ccn(C2CCCCC2)n1. The number of hydrogen-bond donors (Lipinski definition) is 1. The third-order valence-electron chi connectivity index (χ3n) is 4.01. The molecule has 1 aliphatic rings. The van der Waals surface area contributed by atoms with Gasteiger partial charge >= 0.3 is 0 Å². The van der Waals surface area contributed by atoms with Crippen LogP contribution < -0.4 is 5.73 Å². The van der Waals surface area contributed by atoms with Crippen molar-refractivity contribution < 1.29 is 0 Å². The summed E-state index contributed by atoms with van der Waals surface area (Å²) in [5.41, 5.74) is 7.30. The van der Waals surface area contributed by atoms with Crippen molar-refractivity contribution >= 4 is 0 Å². The van der Waals surface area contributed by atoms with Crippen LogP contribution in [0.15, 0.2) is 12.3 Å². The molecule has 18 heavy (non-hydrogen) atoms. The number of hydrogen-bond acceptors (Lipinski definition) is 2. The maximum atomic E-state index is 6.13. The van der Waals surface area contributed by atoms with E-state index in [0.717, 1.165) is 12.8 Å². The molecule has 2 rings (SSSR count). The molecular weight excluding hydrogens is 222 g/mol. The summed E-state index contributed by atoms with van der Waals surface area (Å²) in [6.07, 6.45) is 13.4. The number of nitrogens with two attached hydrogens (primary N) is 1. The molecule has 0 spiro atoms. The van der Waals surface area contributed by atoms with Crippen LogP contribution in [-0.2, 0) is 6.42 Å². The summed E-state index contributed by atoms with van der Waals surface area (Å²) in [5, 5.41) is 4.72. The summed E-state index contributed by atoms with van der Waals surface area (Å²) in [6, 6.07) is 3.07. The fraction of sp³-hybridized carbons (Fsp3) is 0.800. The van der Waals surface area contributed by atoms with E-state index < -0.39 is 0 Å². The first-order valence-corrected chi connectivity index (χ1v) is 7.59. The number of nitrogens with zero attached hydrogens (tertiary/aromatic N) is 2. The Labute approximate surface area is 111 Å². The molecule has 0 aromatic carbocycles. The van der Waals surface area contributed by atoms with Gasteiger partial charge in [0.25, 0.3) is 0 Å². The second-order valence-electron chi connectivity index (χ2n) is 5.69. The molecule has 1 aromatic heterocycles. The van der Waals surface area contributed by atoms with Crippen molar-refractivity contribution in [3.63, 3.8) is 0 Å². The molecule has 102 valence electrons. The fourth-order valence-electron chi connectivity index (χ4n) is 2.87. The van der Waals surface area contributed by atoms with E-state index in [-0.39, 0.29) is 6.04 Å². The standard InChI is InChI=1S/C15H27N3/c1-2-3-7-13(16)12-14-10-11-18(17-14)15-8-5-4-6-9-15/h10-11,13,15H,2-9,12,16H2,1H3. The molecular formula is C15H27N3. The van der Waals surface area contributed by atoms with Crippen LogP contribution in [0.3, 0.4) is 0 Å². The predicted molar refractivity (Wildman–Crippen MR) is 75.6 cm³/mol. The molecule has 1 aromatic rings. The highest BCUT2D eigenvalue weighted by Crippen LogP contribution is 2.27. The van der Waals surface area contributed by atoms with Gasteiger partial charge in [0.1, 0.15) is 0 Å². The molecule has 0 saturated heterocycles. The molecule has 0 bridgehead atoms. The zero-order valence-corrected chi connectivity index (χ0v) is 11.6. The lowest BCUT2D eigenvalue weighted by atomic mass is 9.96. The fourth-order valence-corrected chi connectivity index (χ4v) is 2.87. The smallest absolute Gasteiger partial charge is 0.0640 e. The molecule has 3 heteroatoms. The third-order valence-corrected chi connectivity index (χ3v) is 4.01. The zero-order valence-electron chi connectivity index (χ0n) is 11.6. The zero-order chi connectivity index (χ0) is 12.8. The molecule has 0 aliphatic heterocycles. The molecule has 1 atom stereocenters. The van der Waals surface area contributed by atoms with Gasteiger partial charge in [-0.05, 0) is 25.3 Å². The van der Waals surface area contributed by atoms with Gasteiger partial charge in [0.2, 0.25) is 0 Å². The first-order valence-electron chi connectivity index (χ1n) is 7.59. The van der Waals surface area contributed by atoms with E-state index >= 15 is 0 Å². The Morgan fingerprint density at radius 2 is 2.17 bits per heavy atom. The topological polar surface area (TPSA) is 43.8 Å². The summed E-state index contributed by atoms with van der Waals surface area (Å²) in [5.74, 6) is 0. The first kappa shape index (κ1) is 13.6. The Hall–Kier alpha value is -0.830. The molecule has 1 unspecified atom stereocenters. The molecule has 2 N–H and O–H groups in total. The van der Waals surface area contributed by atoms with E-state index in [1.165, 1.54) is 50.6 Å². The maximum Gasteiger partial charge on any atom is 0.0640 e. The van der Waals surface area contributed by atoms with Crippen molar-refractivity contribution in [1.29, 1.82) is 0 Å². The number of rotatable bonds is 6. The molecule has 3 nitrogen and oxygen atoms in total. The molecule has 1 aliphatic carbocycles. The normalized spacial score (nSPS) is 19.0. The first-order chi connectivity index (χ1) is 8.79. The van der Waals surface area contributed by atoms with Crippen LogP contribution in [0.1, 0.15) is 70.0 Å². The average Bonchev–Trinajstić information content (AvgIpc) is 2.86. The van der Waals surface area contributed by atoms with E-state index in [1.54, 1.807) is 0 Å². The molecule has 1 fully saturated rings. The van der Waals surface area contributed by atoms with E-state index in [1.807, 2.05) is 0 Å². The summed E-state index contributed by atoms with van der Waals surface area (Å²) in [7, 11) is 0. The molecule has 1 heterocycles. The van der Waals surface area contributed by atoms with Gasteiger partial charge in [0.05, 0.1) is 11.7 Å².